The Balaban J connectivity index is 2.73. The van der Waals surface area contributed by atoms with Crippen LogP contribution < -0.4 is 0 Å². The van der Waals surface area contributed by atoms with Crippen LogP contribution in [0, 0.1) is 0 Å². The lowest BCUT2D eigenvalue weighted by Gasteiger charge is -2.26. The number of carbonyl (C=O) groups excluding carboxylic acids is 1. The summed E-state index contributed by atoms with van der Waals surface area (Å²) >= 11 is 0. The van der Waals surface area contributed by atoms with Crippen molar-refractivity contribution in [3.63, 3.8) is 0 Å². The summed E-state index contributed by atoms with van der Waals surface area (Å²) in [6.07, 6.45) is -9.26. The Kier molecular flexibility index (Phi) is 7.44. The van der Waals surface area contributed by atoms with Crippen LogP contribution in [-0.4, -0.2) is 72.3 Å². The van der Waals surface area contributed by atoms with Gasteiger partial charge in [-0.15, -0.1) is 0 Å². The van der Waals surface area contributed by atoms with E-state index in [-0.39, 0.29) is 0 Å². The molecule has 1 aliphatic rings. The molecule has 1 aliphatic heterocycles. The summed E-state index contributed by atoms with van der Waals surface area (Å²) in [5.74, 6) is -1.99. The van der Waals surface area contributed by atoms with Crippen molar-refractivity contribution in [3.8, 4) is 0 Å². The molecule has 6 unspecified atom stereocenters. The molecule has 0 aliphatic carbocycles. The topological polar surface area (TPSA) is 256 Å². The van der Waals surface area contributed by atoms with E-state index in [1.165, 1.54) is 0 Å². The fourth-order valence-electron chi connectivity index (χ4n) is 1.25. The molecule has 7 N–H and O–H groups in total. The molecule has 148 valence electrons. The molecule has 1 rings (SSSR count). The monoisotopic (exact) mass is 434 g/mol. The van der Waals surface area contributed by atoms with E-state index in [2.05, 4.69) is 22.5 Å². The van der Waals surface area contributed by atoms with Crippen LogP contribution in [0.1, 0.15) is 0 Å². The first-order valence-corrected chi connectivity index (χ1v) is 10.3. The number of phosphoric acid groups is 3. The zero-order valence-corrected chi connectivity index (χ0v) is 14.3. The highest BCUT2D eigenvalue weighted by Gasteiger charge is 2.56. The molecule has 0 spiro atoms. The number of rotatable bonds is 7. The van der Waals surface area contributed by atoms with Gasteiger partial charge < -0.3 is 35.3 Å². The summed E-state index contributed by atoms with van der Waals surface area (Å²) < 4.78 is 48.5. The van der Waals surface area contributed by atoms with Gasteiger partial charge in [-0.2, -0.15) is 12.9 Å². The molecule has 0 aromatic rings. The third kappa shape index (κ3) is 6.43. The van der Waals surface area contributed by atoms with Crippen molar-refractivity contribution in [2.24, 2.45) is 0 Å². The smallest absolute Gasteiger partial charge is 0.394 e. The lowest BCUT2D eigenvalue weighted by atomic mass is 10.0. The van der Waals surface area contributed by atoms with Gasteiger partial charge in [0.25, 0.3) is 0 Å². The van der Waals surface area contributed by atoms with Gasteiger partial charge in [-0.05, 0) is 0 Å². The highest BCUT2D eigenvalue weighted by atomic mass is 31.3. The predicted molar refractivity (Wildman–Crippen MR) is 68.8 cm³/mol. The van der Waals surface area contributed by atoms with E-state index in [0.717, 1.165) is 0 Å². The minimum Gasteiger partial charge on any atom is -0.394 e. The largest absolute Gasteiger partial charge is 0.528 e. The SMILES string of the molecule is O=C(OOP1(=O)OP(=O)(O)OP(=O)(O)O1)C(O)C(O)C(O)C(O)CO. The lowest BCUT2D eigenvalue weighted by Crippen LogP contribution is -2.49. The number of hydrogen-bond donors (Lipinski definition) is 7. The maximum atomic E-state index is 11.7. The van der Waals surface area contributed by atoms with Crippen LogP contribution in [-0.2, 0) is 41.0 Å². The Labute approximate surface area is 137 Å². The summed E-state index contributed by atoms with van der Waals surface area (Å²) in [5.41, 5.74) is 0. The van der Waals surface area contributed by atoms with Gasteiger partial charge >= 0.3 is 29.4 Å². The second-order valence-corrected chi connectivity index (χ2v) is 9.16. The lowest BCUT2D eigenvalue weighted by molar-refractivity contribution is -0.238. The average Bonchev–Trinajstić information content (AvgIpc) is 2.45. The number of aliphatic hydroxyl groups excluding tert-OH is 5. The molecule has 25 heavy (non-hydrogen) atoms. The fraction of sp³-hybridized carbons (Fsp3) is 0.833. The van der Waals surface area contributed by atoms with E-state index in [1.54, 1.807) is 0 Å². The Morgan fingerprint density at radius 1 is 0.920 bits per heavy atom. The van der Waals surface area contributed by atoms with Gasteiger partial charge in [-0.3, -0.25) is 4.89 Å². The Bertz CT molecular complexity index is 603. The number of aliphatic hydroxyl groups is 5. The van der Waals surface area contributed by atoms with Gasteiger partial charge in [-0.25, -0.2) is 18.5 Å². The minimum atomic E-state index is -5.47. The first kappa shape index (κ1) is 22.8. The molecular weight excluding hydrogens is 421 g/mol. The van der Waals surface area contributed by atoms with Gasteiger partial charge in [-0.1, -0.05) is 4.67 Å². The molecule has 0 radical (unpaired) electrons. The molecule has 16 nitrogen and oxygen atoms in total. The quantitative estimate of drug-likeness (QED) is 0.122. The summed E-state index contributed by atoms with van der Waals surface area (Å²) in [7, 11) is -16.3. The number of carbonyl (C=O) groups is 1. The van der Waals surface area contributed by atoms with Crippen molar-refractivity contribution in [2.45, 2.75) is 24.4 Å². The predicted octanol–water partition coefficient (Wildman–Crippen LogP) is -2.73. The van der Waals surface area contributed by atoms with Crippen LogP contribution in [0.5, 0.6) is 0 Å². The third-order valence-corrected chi connectivity index (χ3v) is 7.48. The number of hydrogen-bond acceptors (Lipinski definition) is 14. The van der Waals surface area contributed by atoms with Crippen LogP contribution in [0.4, 0.5) is 0 Å². The molecule has 0 aromatic carbocycles. The van der Waals surface area contributed by atoms with Crippen LogP contribution >= 0.6 is 23.5 Å². The zero-order chi connectivity index (χ0) is 19.6. The Hall–Kier alpha value is -0.280. The van der Waals surface area contributed by atoms with E-state index in [9.17, 15) is 33.8 Å². The van der Waals surface area contributed by atoms with Gasteiger partial charge in [0.15, 0.2) is 6.10 Å². The van der Waals surface area contributed by atoms with Crippen molar-refractivity contribution in [1.29, 1.82) is 0 Å². The second-order valence-electron chi connectivity index (χ2n) is 4.28. The molecule has 0 bridgehead atoms. The summed E-state index contributed by atoms with van der Waals surface area (Å²) in [5, 5.41) is 45.6. The highest BCUT2D eigenvalue weighted by Crippen LogP contribution is 2.80. The highest BCUT2D eigenvalue weighted by molar-refractivity contribution is 7.74. The van der Waals surface area contributed by atoms with Crippen LogP contribution in [0.25, 0.3) is 0 Å². The first-order valence-electron chi connectivity index (χ1n) is 5.85. The van der Waals surface area contributed by atoms with Crippen molar-refractivity contribution >= 4 is 29.4 Å². The summed E-state index contributed by atoms with van der Waals surface area (Å²) in [6, 6.07) is 0. The minimum absolute atomic E-state index is 1.05. The molecule has 1 fully saturated rings. The van der Waals surface area contributed by atoms with Gasteiger partial charge in [0, 0.05) is 0 Å². The standard InChI is InChI=1S/C6H13O16P3/c7-1-2(8)3(9)4(10)5(11)6(12)18-19-25(17)21-23(13,14)20-24(15,16)22-25/h2-5,7-11H,1H2,(H,13,14)(H,15,16). The molecule has 0 saturated carbocycles. The normalized spacial score (nSPS) is 37.7. The molecular formula is C6H13O16P3. The van der Waals surface area contributed by atoms with Gasteiger partial charge in [0.1, 0.15) is 18.3 Å². The molecule has 0 aromatic heterocycles. The van der Waals surface area contributed by atoms with E-state index in [0.29, 0.717) is 0 Å². The van der Waals surface area contributed by atoms with Gasteiger partial charge in [0.2, 0.25) is 0 Å². The van der Waals surface area contributed by atoms with E-state index in [1.807, 2.05) is 0 Å². The Morgan fingerprint density at radius 2 is 1.40 bits per heavy atom. The molecule has 1 saturated heterocycles. The molecule has 0 amide bonds. The van der Waals surface area contributed by atoms with Crippen LogP contribution in [0.15, 0.2) is 0 Å². The van der Waals surface area contributed by atoms with Gasteiger partial charge in [0.05, 0.1) is 6.61 Å². The van der Waals surface area contributed by atoms with E-state index < -0.39 is 60.5 Å². The maximum Gasteiger partial charge on any atom is 0.528 e. The maximum absolute atomic E-state index is 11.7. The van der Waals surface area contributed by atoms with Crippen molar-refractivity contribution < 1.29 is 76.3 Å². The zero-order valence-electron chi connectivity index (χ0n) is 11.7. The molecule has 19 heteroatoms. The van der Waals surface area contributed by atoms with Crippen molar-refractivity contribution in [1.82, 2.24) is 0 Å². The van der Waals surface area contributed by atoms with Crippen LogP contribution in [0.2, 0.25) is 0 Å². The first-order chi connectivity index (χ1) is 11.2. The van der Waals surface area contributed by atoms with E-state index in [4.69, 9.17) is 20.0 Å². The van der Waals surface area contributed by atoms with Crippen LogP contribution in [0.3, 0.4) is 0 Å². The fourth-order valence-corrected chi connectivity index (χ4v) is 5.86. The molecule has 6 atom stereocenters. The molecule has 1 heterocycles. The van der Waals surface area contributed by atoms with E-state index >= 15 is 0 Å². The summed E-state index contributed by atoms with van der Waals surface area (Å²) in [4.78, 5) is 32.9. The van der Waals surface area contributed by atoms with Crippen molar-refractivity contribution in [2.75, 3.05) is 6.61 Å². The summed E-state index contributed by atoms with van der Waals surface area (Å²) in [6.45, 7) is -1.05. The van der Waals surface area contributed by atoms with Crippen molar-refractivity contribution in [3.05, 3.63) is 0 Å². The average molecular weight is 434 g/mol. The third-order valence-electron chi connectivity index (χ3n) is 2.32. The Morgan fingerprint density at radius 3 is 1.84 bits per heavy atom. The second kappa shape index (κ2) is 8.17.